The summed E-state index contributed by atoms with van der Waals surface area (Å²) in [6.45, 7) is 2.47. The molecule has 3 aromatic rings. The molecule has 0 aliphatic rings. The Kier molecular flexibility index (Phi) is 5.09. The summed E-state index contributed by atoms with van der Waals surface area (Å²) in [5.74, 6) is 0.588. The van der Waals surface area contributed by atoms with Crippen LogP contribution in [0.25, 0.3) is 0 Å². The van der Waals surface area contributed by atoms with Crippen LogP contribution >= 0.6 is 0 Å². The van der Waals surface area contributed by atoms with Gasteiger partial charge in [0.1, 0.15) is 5.75 Å². The largest absolute Gasteiger partial charge is 0.497 e. The number of hydrogen-bond donors (Lipinski definition) is 0. The molecular weight excluding hydrogens is 312 g/mol. The summed E-state index contributed by atoms with van der Waals surface area (Å²) >= 11 is 0. The van der Waals surface area contributed by atoms with Crippen LogP contribution in [0.2, 0.25) is 0 Å². The van der Waals surface area contributed by atoms with Gasteiger partial charge in [0.05, 0.1) is 13.7 Å². The Morgan fingerprint density at radius 1 is 1.08 bits per heavy atom. The lowest BCUT2D eigenvalue weighted by Crippen LogP contribution is -2.30. The van der Waals surface area contributed by atoms with E-state index in [2.05, 4.69) is 4.98 Å². The summed E-state index contributed by atoms with van der Waals surface area (Å²) in [5.41, 5.74) is 3.52. The lowest BCUT2D eigenvalue weighted by atomic mass is 10.1. The first-order valence-corrected chi connectivity index (χ1v) is 8.09. The molecule has 4 nitrogen and oxygen atoms in total. The van der Waals surface area contributed by atoms with E-state index in [-0.39, 0.29) is 5.91 Å². The summed E-state index contributed by atoms with van der Waals surface area (Å²) in [4.78, 5) is 19.1. The molecule has 0 saturated heterocycles. The topological polar surface area (TPSA) is 42.4 Å². The van der Waals surface area contributed by atoms with E-state index < -0.39 is 0 Å². The molecular formula is C21H20N2O2. The minimum absolute atomic E-state index is 0.0756. The Balaban J connectivity index is 1.99. The standard InChI is InChI=1S/C21H20N2O2/c1-16-6-3-9-19(12-16)23(15-17-7-5-11-22-14-17)21(24)18-8-4-10-20(13-18)25-2/h3-14H,15H2,1-2H3. The minimum atomic E-state index is -0.0756. The first-order valence-electron chi connectivity index (χ1n) is 8.09. The number of methoxy groups -OCH3 is 1. The number of nitrogens with zero attached hydrogens (tertiary/aromatic N) is 2. The fourth-order valence-electron chi connectivity index (χ4n) is 2.66. The van der Waals surface area contributed by atoms with Gasteiger partial charge in [-0.25, -0.2) is 0 Å². The Morgan fingerprint density at radius 2 is 1.92 bits per heavy atom. The first kappa shape index (κ1) is 16.7. The van der Waals surface area contributed by atoms with Gasteiger partial charge in [-0.2, -0.15) is 0 Å². The number of aryl methyl sites for hydroxylation is 1. The molecule has 25 heavy (non-hydrogen) atoms. The molecule has 1 heterocycles. The van der Waals surface area contributed by atoms with Crippen LogP contribution < -0.4 is 9.64 Å². The molecule has 0 fully saturated rings. The normalized spacial score (nSPS) is 10.3. The van der Waals surface area contributed by atoms with Gasteiger partial charge < -0.3 is 9.64 Å². The van der Waals surface area contributed by atoms with Crippen LogP contribution in [-0.2, 0) is 6.54 Å². The third-order valence-corrected chi connectivity index (χ3v) is 3.94. The second-order valence-electron chi connectivity index (χ2n) is 5.82. The number of pyridine rings is 1. The maximum atomic E-state index is 13.2. The summed E-state index contributed by atoms with van der Waals surface area (Å²) in [6, 6.07) is 19.0. The van der Waals surface area contributed by atoms with Crippen molar-refractivity contribution in [3.8, 4) is 5.75 Å². The smallest absolute Gasteiger partial charge is 0.258 e. The summed E-state index contributed by atoms with van der Waals surface area (Å²) in [7, 11) is 1.59. The second kappa shape index (κ2) is 7.62. The summed E-state index contributed by atoms with van der Waals surface area (Å²) < 4.78 is 5.25. The molecule has 0 aliphatic heterocycles. The zero-order chi connectivity index (χ0) is 17.6. The van der Waals surface area contributed by atoms with E-state index in [0.29, 0.717) is 17.9 Å². The Bertz CT molecular complexity index is 863. The molecule has 0 unspecified atom stereocenters. The number of benzene rings is 2. The Labute approximate surface area is 147 Å². The molecule has 0 bridgehead atoms. The fraction of sp³-hybridized carbons (Fsp3) is 0.143. The molecule has 2 aromatic carbocycles. The van der Waals surface area contributed by atoms with Gasteiger partial charge in [-0.05, 0) is 54.4 Å². The van der Waals surface area contributed by atoms with Crippen molar-refractivity contribution >= 4 is 11.6 Å². The molecule has 126 valence electrons. The monoisotopic (exact) mass is 332 g/mol. The van der Waals surface area contributed by atoms with E-state index in [1.165, 1.54) is 0 Å². The number of carbonyl (C=O) groups excluding carboxylic acids is 1. The van der Waals surface area contributed by atoms with E-state index in [1.54, 1.807) is 36.5 Å². The number of rotatable bonds is 5. The van der Waals surface area contributed by atoms with E-state index in [9.17, 15) is 4.79 Å². The maximum absolute atomic E-state index is 13.2. The molecule has 0 N–H and O–H groups in total. The predicted molar refractivity (Wildman–Crippen MR) is 98.9 cm³/mol. The van der Waals surface area contributed by atoms with Crippen LogP contribution in [0.5, 0.6) is 5.75 Å². The molecule has 0 saturated carbocycles. The number of ether oxygens (including phenoxy) is 1. The molecule has 4 heteroatoms. The molecule has 0 spiro atoms. The first-order chi connectivity index (χ1) is 12.2. The van der Waals surface area contributed by atoms with Crippen LogP contribution in [0.3, 0.4) is 0 Å². The van der Waals surface area contributed by atoms with Gasteiger partial charge >= 0.3 is 0 Å². The number of amides is 1. The van der Waals surface area contributed by atoms with E-state index in [1.807, 2.05) is 55.5 Å². The molecule has 1 amide bonds. The van der Waals surface area contributed by atoms with E-state index in [0.717, 1.165) is 16.8 Å². The Morgan fingerprint density at radius 3 is 2.64 bits per heavy atom. The van der Waals surface area contributed by atoms with Crippen molar-refractivity contribution in [2.75, 3.05) is 12.0 Å². The van der Waals surface area contributed by atoms with Crippen molar-refractivity contribution in [2.24, 2.45) is 0 Å². The van der Waals surface area contributed by atoms with Crippen molar-refractivity contribution in [1.82, 2.24) is 4.98 Å². The highest BCUT2D eigenvalue weighted by Gasteiger charge is 2.19. The average molecular weight is 332 g/mol. The van der Waals surface area contributed by atoms with Crippen LogP contribution in [0, 0.1) is 6.92 Å². The van der Waals surface area contributed by atoms with Gasteiger partial charge in [0, 0.05) is 23.6 Å². The van der Waals surface area contributed by atoms with Crippen molar-refractivity contribution < 1.29 is 9.53 Å². The van der Waals surface area contributed by atoms with E-state index >= 15 is 0 Å². The highest BCUT2D eigenvalue weighted by atomic mass is 16.5. The lowest BCUT2D eigenvalue weighted by Gasteiger charge is -2.23. The third kappa shape index (κ3) is 4.04. The summed E-state index contributed by atoms with van der Waals surface area (Å²) in [6.07, 6.45) is 3.51. The van der Waals surface area contributed by atoms with Crippen LogP contribution in [-0.4, -0.2) is 18.0 Å². The van der Waals surface area contributed by atoms with Crippen LogP contribution in [0.1, 0.15) is 21.5 Å². The van der Waals surface area contributed by atoms with Crippen LogP contribution in [0.4, 0.5) is 5.69 Å². The number of anilines is 1. The maximum Gasteiger partial charge on any atom is 0.258 e. The lowest BCUT2D eigenvalue weighted by molar-refractivity contribution is 0.0985. The van der Waals surface area contributed by atoms with Gasteiger partial charge in [-0.3, -0.25) is 9.78 Å². The predicted octanol–water partition coefficient (Wildman–Crippen LogP) is 4.25. The number of aromatic nitrogens is 1. The molecule has 0 radical (unpaired) electrons. The van der Waals surface area contributed by atoms with E-state index in [4.69, 9.17) is 4.74 Å². The third-order valence-electron chi connectivity index (χ3n) is 3.94. The molecule has 1 aromatic heterocycles. The van der Waals surface area contributed by atoms with Gasteiger partial charge in [0.25, 0.3) is 5.91 Å². The van der Waals surface area contributed by atoms with Gasteiger partial charge in [-0.1, -0.05) is 24.3 Å². The number of carbonyl (C=O) groups is 1. The Hall–Kier alpha value is -3.14. The molecule has 0 atom stereocenters. The molecule has 0 aliphatic carbocycles. The number of hydrogen-bond acceptors (Lipinski definition) is 3. The van der Waals surface area contributed by atoms with Gasteiger partial charge in [-0.15, -0.1) is 0 Å². The van der Waals surface area contributed by atoms with Crippen molar-refractivity contribution in [3.05, 3.63) is 89.7 Å². The zero-order valence-electron chi connectivity index (χ0n) is 14.3. The van der Waals surface area contributed by atoms with Gasteiger partial charge in [0.2, 0.25) is 0 Å². The van der Waals surface area contributed by atoms with Crippen molar-refractivity contribution in [2.45, 2.75) is 13.5 Å². The van der Waals surface area contributed by atoms with Gasteiger partial charge in [0.15, 0.2) is 0 Å². The average Bonchev–Trinajstić information content (AvgIpc) is 2.66. The second-order valence-corrected chi connectivity index (χ2v) is 5.82. The van der Waals surface area contributed by atoms with Crippen molar-refractivity contribution in [3.63, 3.8) is 0 Å². The quantitative estimate of drug-likeness (QED) is 0.701. The van der Waals surface area contributed by atoms with Crippen LogP contribution in [0.15, 0.2) is 73.1 Å². The molecule has 3 rings (SSSR count). The minimum Gasteiger partial charge on any atom is -0.497 e. The fourth-order valence-corrected chi connectivity index (χ4v) is 2.66. The zero-order valence-corrected chi connectivity index (χ0v) is 14.3. The summed E-state index contributed by atoms with van der Waals surface area (Å²) in [5, 5.41) is 0. The highest BCUT2D eigenvalue weighted by molar-refractivity contribution is 6.06. The van der Waals surface area contributed by atoms with Crippen molar-refractivity contribution in [1.29, 1.82) is 0 Å². The highest BCUT2D eigenvalue weighted by Crippen LogP contribution is 2.23. The SMILES string of the molecule is COc1cccc(C(=O)N(Cc2cccnc2)c2cccc(C)c2)c1.